The first-order chi connectivity index (χ1) is 8.99. The number of ether oxygens (including phenoxy) is 1. The Hall–Kier alpha value is -1.75. The molecule has 0 saturated heterocycles. The summed E-state index contributed by atoms with van der Waals surface area (Å²) in [4.78, 5) is 25.0. The van der Waals surface area contributed by atoms with Gasteiger partial charge in [-0.1, -0.05) is 18.5 Å². The van der Waals surface area contributed by atoms with Crippen LogP contribution in [0.1, 0.15) is 23.7 Å². The molecule has 6 heteroatoms. The molecule has 0 radical (unpaired) electrons. The number of carbonyl (C=O) groups excluding carboxylic acids is 2. The summed E-state index contributed by atoms with van der Waals surface area (Å²) in [5.41, 5.74) is 6.39. The van der Waals surface area contributed by atoms with Crippen LogP contribution in [0.5, 0.6) is 0 Å². The first-order valence-corrected chi connectivity index (χ1v) is 6.28. The molecule has 2 N–H and O–H groups in total. The fraction of sp³-hybridized carbons (Fsp3) is 0.385. The number of hydrogen-bond donors (Lipinski definition) is 1. The SMILES string of the molecule is CCCN(CC(=O)OC)C(=O)c1ccc(N)cc1Cl. The lowest BCUT2D eigenvalue weighted by atomic mass is 10.1. The topological polar surface area (TPSA) is 72.6 Å². The van der Waals surface area contributed by atoms with Crippen molar-refractivity contribution in [1.29, 1.82) is 0 Å². The maximum Gasteiger partial charge on any atom is 0.325 e. The van der Waals surface area contributed by atoms with Gasteiger partial charge >= 0.3 is 5.97 Å². The number of rotatable bonds is 5. The van der Waals surface area contributed by atoms with Gasteiger partial charge in [-0.15, -0.1) is 0 Å². The third kappa shape index (κ3) is 4.13. The molecule has 0 bridgehead atoms. The van der Waals surface area contributed by atoms with Crippen molar-refractivity contribution in [2.75, 3.05) is 25.9 Å². The number of anilines is 1. The number of halogens is 1. The third-order valence-corrected chi connectivity index (χ3v) is 2.86. The van der Waals surface area contributed by atoms with E-state index >= 15 is 0 Å². The van der Waals surface area contributed by atoms with Gasteiger partial charge in [-0.3, -0.25) is 9.59 Å². The Bertz CT molecular complexity index is 477. The molecule has 104 valence electrons. The van der Waals surface area contributed by atoms with Gasteiger partial charge in [0.25, 0.3) is 5.91 Å². The van der Waals surface area contributed by atoms with Crippen LogP contribution >= 0.6 is 11.6 Å². The molecular weight excluding hydrogens is 268 g/mol. The molecule has 0 spiro atoms. The molecule has 0 aliphatic rings. The van der Waals surface area contributed by atoms with Crippen LogP contribution in [0.2, 0.25) is 5.02 Å². The number of nitrogens with two attached hydrogens (primary N) is 1. The zero-order valence-corrected chi connectivity index (χ0v) is 11.7. The fourth-order valence-corrected chi connectivity index (χ4v) is 1.89. The summed E-state index contributed by atoms with van der Waals surface area (Å²) < 4.78 is 4.58. The van der Waals surface area contributed by atoms with Crippen LogP contribution in [-0.2, 0) is 9.53 Å². The second-order valence-corrected chi connectivity index (χ2v) is 4.45. The molecule has 1 amide bonds. The number of esters is 1. The standard InChI is InChI=1S/C13H17ClN2O3/c1-3-6-16(8-12(17)19-2)13(18)10-5-4-9(15)7-11(10)14/h4-5,7H,3,6,8,15H2,1-2H3. The Balaban J connectivity index is 2.95. The van der Waals surface area contributed by atoms with Gasteiger partial charge in [0.2, 0.25) is 0 Å². The number of nitrogens with zero attached hydrogens (tertiary/aromatic N) is 1. The van der Waals surface area contributed by atoms with Gasteiger partial charge in [-0.2, -0.15) is 0 Å². The van der Waals surface area contributed by atoms with Crippen molar-refractivity contribution in [1.82, 2.24) is 4.90 Å². The summed E-state index contributed by atoms with van der Waals surface area (Å²) in [6, 6.07) is 4.67. The number of benzene rings is 1. The highest BCUT2D eigenvalue weighted by molar-refractivity contribution is 6.34. The van der Waals surface area contributed by atoms with Crippen LogP contribution in [0.4, 0.5) is 5.69 Å². The first kappa shape index (κ1) is 15.3. The predicted molar refractivity (Wildman–Crippen MR) is 74.1 cm³/mol. The molecule has 0 atom stereocenters. The highest BCUT2D eigenvalue weighted by Crippen LogP contribution is 2.20. The lowest BCUT2D eigenvalue weighted by molar-refractivity contribution is -0.141. The number of hydrogen-bond acceptors (Lipinski definition) is 4. The van der Waals surface area contributed by atoms with Crippen molar-refractivity contribution >= 4 is 29.2 Å². The van der Waals surface area contributed by atoms with Crippen molar-refractivity contribution < 1.29 is 14.3 Å². The van der Waals surface area contributed by atoms with Crippen LogP contribution in [0.3, 0.4) is 0 Å². The number of amides is 1. The van der Waals surface area contributed by atoms with Crippen LogP contribution in [0.15, 0.2) is 18.2 Å². The zero-order chi connectivity index (χ0) is 14.4. The lowest BCUT2D eigenvalue weighted by Crippen LogP contribution is -2.37. The molecule has 5 nitrogen and oxygen atoms in total. The van der Waals surface area contributed by atoms with Gasteiger partial charge in [0.1, 0.15) is 6.54 Å². The van der Waals surface area contributed by atoms with E-state index in [1.807, 2.05) is 6.92 Å². The predicted octanol–water partition coefficient (Wildman–Crippen LogP) is 1.95. The Morgan fingerprint density at radius 2 is 2.11 bits per heavy atom. The summed E-state index contributed by atoms with van der Waals surface area (Å²) >= 11 is 6.00. The van der Waals surface area contributed by atoms with Crippen molar-refractivity contribution in [3.63, 3.8) is 0 Å². The number of methoxy groups -OCH3 is 1. The van der Waals surface area contributed by atoms with Crippen molar-refractivity contribution in [2.24, 2.45) is 0 Å². The van der Waals surface area contributed by atoms with Crippen LogP contribution < -0.4 is 5.73 Å². The summed E-state index contributed by atoms with van der Waals surface area (Å²) in [5.74, 6) is -0.773. The van der Waals surface area contributed by atoms with Crippen molar-refractivity contribution in [3.8, 4) is 0 Å². The molecule has 1 rings (SSSR count). The van der Waals surface area contributed by atoms with Gasteiger partial charge in [0.05, 0.1) is 17.7 Å². The van der Waals surface area contributed by atoms with E-state index in [2.05, 4.69) is 4.74 Å². The first-order valence-electron chi connectivity index (χ1n) is 5.90. The largest absolute Gasteiger partial charge is 0.468 e. The maximum absolute atomic E-state index is 12.3. The van der Waals surface area contributed by atoms with Crippen LogP contribution in [0, 0.1) is 0 Å². The Labute approximate surface area is 117 Å². The van der Waals surface area contributed by atoms with Gasteiger partial charge in [-0.25, -0.2) is 0 Å². The van der Waals surface area contributed by atoms with E-state index in [0.29, 0.717) is 17.8 Å². The smallest absolute Gasteiger partial charge is 0.325 e. The normalized spacial score (nSPS) is 10.1. The monoisotopic (exact) mass is 284 g/mol. The second-order valence-electron chi connectivity index (χ2n) is 4.04. The molecule has 1 aromatic carbocycles. The molecule has 0 unspecified atom stereocenters. The molecule has 0 fully saturated rings. The summed E-state index contributed by atoms with van der Waals surface area (Å²) in [6.07, 6.45) is 0.731. The van der Waals surface area contributed by atoms with Crippen molar-refractivity contribution in [2.45, 2.75) is 13.3 Å². The molecule has 0 saturated carbocycles. The zero-order valence-electron chi connectivity index (χ0n) is 11.0. The maximum atomic E-state index is 12.3. The van der Waals surface area contributed by atoms with E-state index in [-0.39, 0.29) is 17.5 Å². The fourth-order valence-electron chi connectivity index (χ4n) is 1.62. The van der Waals surface area contributed by atoms with E-state index in [4.69, 9.17) is 17.3 Å². The molecule has 0 aliphatic heterocycles. The summed E-state index contributed by atoms with van der Waals surface area (Å²) in [5, 5.41) is 0.274. The summed E-state index contributed by atoms with van der Waals surface area (Å²) in [7, 11) is 1.28. The van der Waals surface area contributed by atoms with Gasteiger partial charge in [-0.05, 0) is 24.6 Å². The van der Waals surface area contributed by atoms with E-state index in [1.165, 1.54) is 18.1 Å². The van der Waals surface area contributed by atoms with Gasteiger partial charge < -0.3 is 15.4 Å². The van der Waals surface area contributed by atoms with Crippen LogP contribution in [0.25, 0.3) is 0 Å². The van der Waals surface area contributed by atoms with Gasteiger partial charge in [0, 0.05) is 12.2 Å². The minimum Gasteiger partial charge on any atom is -0.468 e. The van der Waals surface area contributed by atoms with E-state index in [0.717, 1.165) is 6.42 Å². The quantitative estimate of drug-likeness (QED) is 0.662. The molecule has 0 aromatic heterocycles. The minimum atomic E-state index is -0.464. The summed E-state index contributed by atoms with van der Waals surface area (Å²) in [6.45, 7) is 2.28. The van der Waals surface area contributed by atoms with Crippen LogP contribution in [-0.4, -0.2) is 37.0 Å². The Kier molecular flexibility index (Phi) is 5.63. The van der Waals surface area contributed by atoms with E-state index < -0.39 is 5.97 Å². The average Bonchev–Trinajstić information content (AvgIpc) is 2.37. The molecular formula is C13H17ClN2O3. The lowest BCUT2D eigenvalue weighted by Gasteiger charge is -2.21. The van der Waals surface area contributed by atoms with E-state index in [1.54, 1.807) is 12.1 Å². The number of nitrogen functional groups attached to an aromatic ring is 1. The third-order valence-electron chi connectivity index (χ3n) is 2.55. The number of carbonyl (C=O) groups is 2. The highest BCUT2D eigenvalue weighted by Gasteiger charge is 2.20. The Morgan fingerprint density at radius 3 is 2.63 bits per heavy atom. The second kappa shape index (κ2) is 6.99. The Morgan fingerprint density at radius 1 is 1.42 bits per heavy atom. The average molecular weight is 285 g/mol. The molecule has 1 aromatic rings. The minimum absolute atomic E-state index is 0.0934. The highest BCUT2D eigenvalue weighted by atomic mass is 35.5. The van der Waals surface area contributed by atoms with E-state index in [9.17, 15) is 9.59 Å². The molecule has 0 aliphatic carbocycles. The van der Waals surface area contributed by atoms with Crippen molar-refractivity contribution in [3.05, 3.63) is 28.8 Å². The molecule has 19 heavy (non-hydrogen) atoms. The van der Waals surface area contributed by atoms with Gasteiger partial charge in [0.15, 0.2) is 0 Å². The molecule has 0 heterocycles.